The highest BCUT2D eigenvalue weighted by Gasteiger charge is 2.29. The quantitative estimate of drug-likeness (QED) is 0.578. The monoisotopic (exact) mass is 226 g/mol. The molecule has 0 aromatic carbocycles. The van der Waals surface area contributed by atoms with Crippen LogP contribution in [0.3, 0.4) is 0 Å². The first kappa shape index (κ1) is 10.4. The van der Waals surface area contributed by atoms with Gasteiger partial charge in [-0.25, -0.2) is 5.01 Å². The van der Waals surface area contributed by atoms with Gasteiger partial charge in [-0.1, -0.05) is 12.2 Å². The molecule has 0 aromatic rings. The molecule has 3 N–H and O–H groups in total. The van der Waals surface area contributed by atoms with Crippen LogP contribution in [0.5, 0.6) is 0 Å². The predicted octanol–water partition coefficient (Wildman–Crippen LogP) is 0.0393. The van der Waals surface area contributed by atoms with Crippen LogP contribution >= 0.6 is 12.2 Å². The smallest absolute Gasteiger partial charge is 0.145 e. The minimum Gasteiger partial charge on any atom is -0.394 e. The molecule has 0 atom stereocenters. The van der Waals surface area contributed by atoms with Crippen LogP contribution in [-0.4, -0.2) is 33.3 Å². The molecule has 0 aromatic heterocycles. The van der Waals surface area contributed by atoms with Crippen LogP contribution in [0.1, 0.15) is 13.8 Å². The second kappa shape index (κ2) is 3.80. The number of aliphatic hydroxyl groups excluding tert-OH is 1. The molecule has 0 fully saturated rings. The number of hydrogen-bond acceptors (Lipinski definition) is 5. The topological polar surface area (TPSA) is 50.8 Å². The Morgan fingerprint density at radius 1 is 1.47 bits per heavy atom. The molecule has 0 bridgehead atoms. The minimum absolute atomic E-state index is 0.1000. The van der Waals surface area contributed by atoms with E-state index in [1.54, 1.807) is 10.0 Å². The predicted molar refractivity (Wildman–Crippen MR) is 61.0 cm³/mol. The van der Waals surface area contributed by atoms with Gasteiger partial charge in [0.15, 0.2) is 0 Å². The number of fused-ring (bicyclic) bond motifs is 1. The van der Waals surface area contributed by atoms with Gasteiger partial charge in [0, 0.05) is 11.3 Å². The van der Waals surface area contributed by atoms with Crippen LogP contribution in [0.2, 0.25) is 0 Å². The van der Waals surface area contributed by atoms with Gasteiger partial charge in [0.05, 0.1) is 19.4 Å². The Labute approximate surface area is 94.0 Å². The summed E-state index contributed by atoms with van der Waals surface area (Å²) in [6, 6.07) is 0. The summed E-state index contributed by atoms with van der Waals surface area (Å²) in [5, 5.41) is 15.7. The molecule has 6 heteroatoms. The second-order valence-corrected chi connectivity index (χ2v) is 3.93. The summed E-state index contributed by atoms with van der Waals surface area (Å²) in [4.78, 5) is 0.762. The van der Waals surface area contributed by atoms with E-state index < -0.39 is 0 Å². The Hall–Kier alpha value is -1.11. The van der Waals surface area contributed by atoms with Crippen molar-refractivity contribution >= 4 is 17.2 Å². The van der Waals surface area contributed by atoms with Gasteiger partial charge in [-0.2, -0.15) is 0 Å². The van der Waals surface area contributed by atoms with Crippen LogP contribution in [-0.2, 0) is 0 Å². The summed E-state index contributed by atoms with van der Waals surface area (Å²) in [5.41, 5.74) is 5.19. The van der Waals surface area contributed by atoms with Crippen LogP contribution in [0, 0.1) is 0 Å². The highest BCUT2D eigenvalue weighted by molar-refractivity contribution is 7.80. The Morgan fingerprint density at radius 2 is 2.20 bits per heavy atom. The summed E-state index contributed by atoms with van der Waals surface area (Å²) < 4.78 is 0. The fraction of sp³-hybridized carbons (Fsp3) is 0.444. The fourth-order valence-electron chi connectivity index (χ4n) is 1.50. The van der Waals surface area contributed by atoms with Crippen LogP contribution < -0.4 is 10.9 Å². The zero-order chi connectivity index (χ0) is 11.0. The van der Waals surface area contributed by atoms with Crippen molar-refractivity contribution < 1.29 is 5.11 Å². The molecule has 0 saturated heterocycles. The van der Waals surface area contributed by atoms with E-state index in [1.807, 2.05) is 20.0 Å². The summed E-state index contributed by atoms with van der Waals surface area (Å²) in [7, 11) is 0. The first-order valence-electron chi connectivity index (χ1n) is 4.78. The highest BCUT2D eigenvalue weighted by Crippen LogP contribution is 2.21. The number of nitrogens with zero attached hydrogens (tertiary/aromatic N) is 2. The van der Waals surface area contributed by atoms with Gasteiger partial charge < -0.3 is 10.4 Å². The summed E-state index contributed by atoms with van der Waals surface area (Å²) in [6.45, 7) is 4.61. The maximum Gasteiger partial charge on any atom is 0.145 e. The van der Waals surface area contributed by atoms with E-state index in [-0.39, 0.29) is 6.61 Å². The number of β-amino-alcohol motifs (C(OH)–C–C–N with tert-alkyl or cyclic N) is 1. The van der Waals surface area contributed by atoms with Crippen molar-refractivity contribution in [3.63, 3.8) is 0 Å². The van der Waals surface area contributed by atoms with Crippen molar-refractivity contribution in [3.05, 3.63) is 23.3 Å². The lowest BCUT2D eigenvalue weighted by Gasteiger charge is -2.30. The second-order valence-electron chi connectivity index (χ2n) is 3.55. The number of nitrogens with one attached hydrogen (secondary N) is 2. The first-order valence-corrected chi connectivity index (χ1v) is 5.19. The Morgan fingerprint density at radius 3 is 2.87 bits per heavy atom. The SMILES string of the molecule is CC1=C(C)C(=S)N2NN(CCO)C=C2N1. The first-order chi connectivity index (χ1) is 7.13. The molecule has 2 aliphatic rings. The molecular weight excluding hydrogens is 212 g/mol. The molecule has 82 valence electrons. The van der Waals surface area contributed by atoms with E-state index in [0.29, 0.717) is 6.54 Å². The van der Waals surface area contributed by atoms with E-state index in [4.69, 9.17) is 17.3 Å². The average Bonchev–Trinajstić information content (AvgIpc) is 2.58. The minimum atomic E-state index is 0.1000. The van der Waals surface area contributed by atoms with Gasteiger partial charge in [0.1, 0.15) is 10.8 Å². The fourth-order valence-corrected chi connectivity index (χ4v) is 1.79. The molecule has 2 aliphatic heterocycles. The van der Waals surface area contributed by atoms with Crippen LogP contribution in [0.25, 0.3) is 0 Å². The van der Waals surface area contributed by atoms with Gasteiger partial charge in [0.2, 0.25) is 0 Å². The Balaban J connectivity index is 2.20. The molecule has 0 saturated carbocycles. The van der Waals surface area contributed by atoms with E-state index >= 15 is 0 Å². The third kappa shape index (κ3) is 1.71. The van der Waals surface area contributed by atoms with Gasteiger partial charge >= 0.3 is 0 Å². The molecule has 5 nitrogen and oxygen atoms in total. The number of rotatable bonds is 2. The van der Waals surface area contributed by atoms with Gasteiger partial charge in [-0.15, -0.1) is 5.53 Å². The van der Waals surface area contributed by atoms with Gasteiger partial charge in [-0.3, -0.25) is 5.01 Å². The van der Waals surface area contributed by atoms with E-state index in [0.717, 1.165) is 22.1 Å². The third-order valence-electron chi connectivity index (χ3n) is 2.49. The summed E-state index contributed by atoms with van der Waals surface area (Å²) in [5.74, 6) is 0.900. The normalized spacial score (nSPS) is 20.5. The largest absolute Gasteiger partial charge is 0.394 e. The molecule has 0 amide bonds. The van der Waals surface area contributed by atoms with E-state index in [1.165, 1.54) is 0 Å². The number of allylic oxidation sites excluding steroid dienone is 1. The maximum atomic E-state index is 8.84. The lowest BCUT2D eigenvalue weighted by molar-refractivity contribution is 0.151. The molecule has 2 rings (SSSR count). The average molecular weight is 226 g/mol. The Bertz CT molecular complexity index is 363. The standard InChI is InChI=1S/C9H14N4OS/c1-6-7(2)10-8-5-12(3-4-14)11-13(8)9(6)15/h5,10-11,14H,3-4H2,1-2H3. The zero-order valence-corrected chi connectivity index (χ0v) is 9.56. The number of thiocarbonyl (C=S) groups is 1. The van der Waals surface area contributed by atoms with E-state index in [2.05, 4.69) is 10.9 Å². The lowest BCUT2D eigenvalue weighted by atomic mass is 10.2. The number of hydrazine groups is 2. The zero-order valence-electron chi connectivity index (χ0n) is 8.74. The summed E-state index contributed by atoms with van der Waals surface area (Å²) >= 11 is 5.32. The molecule has 15 heavy (non-hydrogen) atoms. The molecular formula is C9H14N4OS. The number of aliphatic hydroxyl groups is 1. The molecule has 0 unspecified atom stereocenters. The summed E-state index contributed by atoms with van der Waals surface area (Å²) in [6.07, 6.45) is 1.89. The highest BCUT2D eigenvalue weighted by atomic mass is 32.1. The van der Waals surface area contributed by atoms with Crippen molar-refractivity contribution in [1.82, 2.24) is 20.9 Å². The van der Waals surface area contributed by atoms with Crippen LogP contribution in [0.15, 0.2) is 23.3 Å². The third-order valence-corrected chi connectivity index (χ3v) is 2.98. The molecule has 0 aliphatic carbocycles. The van der Waals surface area contributed by atoms with E-state index in [9.17, 15) is 0 Å². The number of hydrogen-bond donors (Lipinski definition) is 3. The van der Waals surface area contributed by atoms with Crippen molar-refractivity contribution in [3.8, 4) is 0 Å². The Kier molecular flexibility index (Phi) is 2.64. The van der Waals surface area contributed by atoms with Crippen LogP contribution in [0.4, 0.5) is 0 Å². The molecule has 0 radical (unpaired) electrons. The molecule has 0 spiro atoms. The van der Waals surface area contributed by atoms with Crippen molar-refractivity contribution in [2.45, 2.75) is 13.8 Å². The lowest BCUT2D eigenvalue weighted by Crippen LogP contribution is -2.48. The van der Waals surface area contributed by atoms with Crippen molar-refractivity contribution in [2.75, 3.05) is 13.2 Å². The molecule has 2 heterocycles. The van der Waals surface area contributed by atoms with Crippen molar-refractivity contribution in [2.24, 2.45) is 0 Å². The van der Waals surface area contributed by atoms with Gasteiger partial charge in [-0.05, 0) is 13.8 Å². The maximum absolute atomic E-state index is 8.84. The van der Waals surface area contributed by atoms with Crippen molar-refractivity contribution in [1.29, 1.82) is 0 Å². The van der Waals surface area contributed by atoms with Gasteiger partial charge in [0.25, 0.3) is 0 Å².